The molecule has 0 bridgehead atoms. The highest BCUT2D eigenvalue weighted by Gasteiger charge is 2.21. The van der Waals surface area contributed by atoms with E-state index in [0.717, 1.165) is 4.47 Å². The molecular weight excluding hydrogens is 604 g/mol. The maximum absolute atomic E-state index is 12.0. The van der Waals surface area contributed by atoms with E-state index in [9.17, 15) is 14.9 Å². The van der Waals surface area contributed by atoms with Crippen molar-refractivity contribution >= 4 is 71.3 Å². The molecule has 0 saturated carbocycles. The Hall–Kier alpha value is -2.02. The van der Waals surface area contributed by atoms with Gasteiger partial charge >= 0.3 is 0 Å². The van der Waals surface area contributed by atoms with Crippen LogP contribution in [0.25, 0.3) is 0 Å². The van der Waals surface area contributed by atoms with E-state index in [4.69, 9.17) is 9.47 Å². The molecule has 2 aromatic carbocycles. The summed E-state index contributed by atoms with van der Waals surface area (Å²) >= 11 is 10.1. The van der Waals surface area contributed by atoms with Gasteiger partial charge in [0.2, 0.25) is 0 Å². The fraction of sp³-hybridized carbons (Fsp3) is 0.263. The predicted octanol–water partition coefficient (Wildman–Crippen LogP) is 4.25. The summed E-state index contributed by atoms with van der Waals surface area (Å²) in [7, 11) is 0. The summed E-state index contributed by atoms with van der Waals surface area (Å²) in [6, 6.07) is 8.40. The number of nitro groups is 1. The van der Waals surface area contributed by atoms with Gasteiger partial charge in [-0.25, -0.2) is 5.43 Å². The molecule has 2 aromatic rings. The van der Waals surface area contributed by atoms with Crippen LogP contribution in [0.2, 0.25) is 0 Å². The van der Waals surface area contributed by atoms with Crippen LogP contribution in [0, 0.1) is 10.1 Å². The SMILES string of the molecule is O=C(COc1c(Br)cc(Br)cc1Br)NN=Cc1ccc(N2CCOCC2)c([N+](=O)[O-])c1. The van der Waals surface area contributed by atoms with E-state index in [-0.39, 0.29) is 12.3 Å². The zero-order valence-corrected chi connectivity index (χ0v) is 20.8. The van der Waals surface area contributed by atoms with Gasteiger partial charge in [0.1, 0.15) is 11.4 Å². The number of hydrogen-bond acceptors (Lipinski definition) is 7. The van der Waals surface area contributed by atoms with Crippen LogP contribution in [0.4, 0.5) is 11.4 Å². The Morgan fingerprint density at radius 2 is 1.90 bits per heavy atom. The third kappa shape index (κ3) is 6.48. The molecule has 1 fully saturated rings. The Balaban J connectivity index is 1.60. The van der Waals surface area contributed by atoms with Gasteiger partial charge in [0.25, 0.3) is 11.6 Å². The van der Waals surface area contributed by atoms with E-state index >= 15 is 0 Å². The molecule has 0 unspecified atom stereocenters. The molecule has 3 rings (SSSR count). The quantitative estimate of drug-likeness (QED) is 0.282. The van der Waals surface area contributed by atoms with Crippen molar-refractivity contribution in [3.05, 3.63) is 59.4 Å². The summed E-state index contributed by atoms with van der Waals surface area (Å²) < 4.78 is 13.0. The van der Waals surface area contributed by atoms with Gasteiger partial charge in [-0.05, 0) is 50.1 Å². The molecule has 0 spiro atoms. The minimum atomic E-state index is -0.475. The number of benzene rings is 2. The Morgan fingerprint density at radius 1 is 1.23 bits per heavy atom. The average molecular weight is 621 g/mol. The lowest BCUT2D eigenvalue weighted by atomic mass is 10.1. The minimum Gasteiger partial charge on any atom is -0.481 e. The first kappa shape index (κ1) is 23.6. The Labute approximate surface area is 203 Å². The molecule has 164 valence electrons. The molecule has 9 nitrogen and oxygen atoms in total. The molecule has 1 aliphatic heterocycles. The van der Waals surface area contributed by atoms with Gasteiger partial charge in [-0.3, -0.25) is 14.9 Å². The molecule has 0 radical (unpaired) electrons. The molecule has 12 heteroatoms. The van der Waals surface area contributed by atoms with Crippen LogP contribution in [-0.2, 0) is 9.53 Å². The predicted molar refractivity (Wildman–Crippen MR) is 127 cm³/mol. The summed E-state index contributed by atoms with van der Waals surface area (Å²) in [5.41, 5.74) is 3.35. The Bertz CT molecular complexity index is 989. The lowest BCUT2D eigenvalue weighted by molar-refractivity contribution is -0.384. The highest BCUT2D eigenvalue weighted by molar-refractivity contribution is 9.11. The average Bonchev–Trinajstić information content (AvgIpc) is 2.73. The van der Waals surface area contributed by atoms with Crippen LogP contribution in [-0.4, -0.2) is 50.0 Å². The number of hydrazone groups is 1. The van der Waals surface area contributed by atoms with Gasteiger partial charge < -0.3 is 14.4 Å². The highest BCUT2D eigenvalue weighted by Crippen LogP contribution is 2.36. The number of halogens is 3. The van der Waals surface area contributed by atoms with E-state index in [1.54, 1.807) is 24.3 Å². The topological polar surface area (TPSA) is 106 Å². The standard InChI is InChI=1S/C19H17Br3N4O5/c20-13-8-14(21)19(15(22)9-13)31-11-18(27)24-23-10-12-1-2-16(17(7-12)26(28)29)25-3-5-30-6-4-25/h1-2,7-10H,3-6,11H2,(H,24,27). The summed E-state index contributed by atoms with van der Waals surface area (Å²) in [6.45, 7) is 1.99. The van der Waals surface area contributed by atoms with E-state index in [2.05, 4.69) is 58.3 Å². The van der Waals surface area contributed by atoms with Crippen molar-refractivity contribution in [1.29, 1.82) is 0 Å². The van der Waals surface area contributed by atoms with Crippen molar-refractivity contribution in [1.82, 2.24) is 5.43 Å². The van der Waals surface area contributed by atoms with Crippen molar-refractivity contribution in [2.45, 2.75) is 0 Å². The third-order valence-corrected chi connectivity index (χ3v) is 5.90. The van der Waals surface area contributed by atoms with Gasteiger partial charge in [-0.1, -0.05) is 22.0 Å². The molecule has 0 aromatic heterocycles. The van der Waals surface area contributed by atoms with E-state index in [1.807, 2.05) is 4.90 Å². The maximum atomic E-state index is 12.0. The first-order valence-electron chi connectivity index (χ1n) is 9.05. The van der Waals surface area contributed by atoms with Gasteiger partial charge in [0, 0.05) is 29.2 Å². The lowest BCUT2D eigenvalue weighted by Crippen LogP contribution is -2.36. The number of nitrogens with zero attached hydrogens (tertiary/aromatic N) is 3. The van der Waals surface area contributed by atoms with Crippen LogP contribution in [0.5, 0.6) is 5.75 Å². The van der Waals surface area contributed by atoms with Crippen LogP contribution < -0.4 is 15.1 Å². The van der Waals surface area contributed by atoms with E-state index in [1.165, 1.54) is 12.3 Å². The number of nitro benzene ring substituents is 1. The van der Waals surface area contributed by atoms with E-state index < -0.39 is 10.8 Å². The van der Waals surface area contributed by atoms with Gasteiger partial charge in [-0.2, -0.15) is 5.10 Å². The second-order valence-corrected chi connectivity index (χ2v) is 9.01. The summed E-state index contributed by atoms with van der Waals surface area (Å²) in [5.74, 6) is 0.00839. The number of morpholine rings is 1. The molecule has 1 N–H and O–H groups in total. The molecule has 1 aliphatic rings. The molecule has 1 heterocycles. The second-order valence-electron chi connectivity index (χ2n) is 6.39. The third-order valence-electron chi connectivity index (χ3n) is 4.26. The summed E-state index contributed by atoms with van der Waals surface area (Å²) in [5, 5.41) is 15.4. The molecular formula is C19H17Br3N4O5. The molecule has 1 amide bonds. The smallest absolute Gasteiger partial charge is 0.293 e. The van der Waals surface area contributed by atoms with Crippen molar-refractivity contribution < 1.29 is 19.2 Å². The molecule has 0 atom stereocenters. The second kappa shape index (κ2) is 11.0. The van der Waals surface area contributed by atoms with Crippen LogP contribution in [0.15, 0.2) is 48.9 Å². The van der Waals surface area contributed by atoms with Gasteiger partial charge in [0.15, 0.2) is 6.61 Å². The number of carbonyl (C=O) groups is 1. The normalized spacial score (nSPS) is 14.0. The van der Waals surface area contributed by atoms with Gasteiger partial charge in [0.05, 0.1) is 33.3 Å². The molecule has 0 aliphatic carbocycles. The van der Waals surface area contributed by atoms with Crippen molar-refractivity contribution in [3.63, 3.8) is 0 Å². The first-order chi connectivity index (χ1) is 14.8. The summed E-state index contributed by atoms with van der Waals surface area (Å²) in [6.07, 6.45) is 1.35. The van der Waals surface area contributed by atoms with Crippen molar-refractivity contribution in [2.75, 3.05) is 37.8 Å². The largest absolute Gasteiger partial charge is 0.481 e. The number of amides is 1. The minimum absolute atomic E-state index is 0.0227. The number of anilines is 1. The number of ether oxygens (including phenoxy) is 2. The number of carbonyl (C=O) groups excluding carboxylic acids is 1. The fourth-order valence-corrected chi connectivity index (χ4v) is 5.34. The van der Waals surface area contributed by atoms with E-state index in [0.29, 0.717) is 52.2 Å². The van der Waals surface area contributed by atoms with Crippen molar-refractivity contribution in [2.24, 2.45) is 5.10 Å². The van der Waals surface area contributed by atoms with Crippen LogP contribution in [0.1, 0.15) is 5.56 Å². The Morgan fingerprint density at radius 3 is 2.55 bits per heavy atom. The molecule has 31 heavy (non-hydrogen) atoms. The Kier molecular flexibility index (Phi) is 8.41. The number of rotatable bonds is 7. The lowest BCUT2D eigenvalue weighted by Gasteiger charge is -2.28. The zero-order chi connectivity index (χ0) is 22.4. The van der Waals surface area contributed by atoms with Crippen LogP contribution >= 0.6 is 47.8 Å². The van der Waals surface area contributed by atoms with Crippen LogP contribution in [0.3, 0.4) is 0 Å². The summed E-state index contributed by atoms with van der Waals surface area (Å²) in [4.78, 5) is 25.0. The highest BCUT2D eigenvalue weighted by atomic mass is 79.9. The van der Waals surface area contributed by atoms with Gasteiger partial charge in [-0.15, -0.1) is 0 Å². The first-order valence-corrected chi connectivity index (χ1v) is 11.4. The molecule has 1 saturated heterocycles. The number of hydrogen-bond donors (Lipinski definition) is 1. The van der Waals surface area contributed by atoms with Crippen molar-refractivity contribution in [3.8, 4) is 5.75 Å². The number of nitrogens with one attached hydrogen (secondary N) is 1. The maximum Gasteiger partial charge on any atom is 0.293 e. The zero-order valence-electron chi connectivity index (χ0n) is 16.0. The fourth-order valence-electron chi connectivity index (χ4n) is 2.85. The monoisotopic (exact) mass is 618 g/mol.